The number of carbonyl (C=O) groups excluding carboxylic acids is 2. The van der Waals surface area contributed by atoms with Gasteiger partial charge in [-0.1, -0.05) is 11.6 Å². The Labute approximate surface area is 96.1 Å². The average molecular weight is 239 g/mol. The number of ether oxygens (including phenoxy) is 1. The average Bonchev–Trinajstić information content (AvgIpc) is 2.20. The van der Waals surface area contributed by atoms with Crippen LogP contribution < -0.4 is 10.1 Å². The molecule has 1 aromatic carbocycles. The predicted octanol–water partition coefficient (Wildman–Crippen LogP) is 1.12. The molecule has 0 aromatic heterocycles. The molecule has 0 bridgehead atoms. The Balaban J connectivity index is 2.12. The summed E-state index contributed by atoms with van der Waals surface area (Å²) in [5, 5.41) is 2.91. The van der Waals surface area contributed by atoms with Gasteiger partial charge in [0.25, 0.3) is 5.91 Å². The number of hydrogen-bond donors (Lipinski definition) is 1. The smallest absolute Gasteiger partial charge is 0.304 e. The summed E-state index contributed by atoms with van der Waals surface area (Å²) in [5.41, 5.74) is 0. The normalized spacial score (nSPS) is 15.4. The molecule has 1 aromatic rings. The number of nitrogens with zero attached hydrogens (tertiary/aromatic N) is 1. The van der Waals surface area contributed by atoms with Gasteiger partial charge in [0, 0.05) is 5.02 Å². The first-order valence-corrected chi connectivity index (χ1v) is 4.86. The minimum absolute atomic E-state index is 0.108. The van der Waals surface area contributed by atoms with Gasteiger partial charge in [-0.2, -0.15) is 4.99 Å². The van der Waals surface area contributed by atoms with Crippen molar-refractivity contribution in [3.05, 3.63) is 29.3 Å². The summed E-state index contributed by atoms with van der Waals surface area (Å²) in [5.74, 6) is -0.505. The van der Waals surface area contributed by atoms with E-state index in [9.17, 15) is 9.59 Å². The van der Waals surface area contributed by atoms with E-state index in [-0.39, 0.29) is 12.4 Å². The highest BCUT2D eigenvalue weighted by Gasteiger charge is 2.19. The van der Waals surface area contributed by atoms with Gasteiger partial charge in [-0.05, 0) is 24.3 Å². The first-order valence-electron chi connectivity index (χ1n) is 4.48. The standard InChI is InChI=1S/C10H7ClN2O3/c11-6-1-3-7(4-2-6)16-10-12-8(14)5-9(15)13-10/h1-4H,5H2,(H,12,13,14,15). The highest BCUT2D eigenvalue weighted by molar-refractivity contribution is 6.30. The molecule has 0 fully saturated rings. The lowest BCUT2D eigenvalue weighted by Crippen LogP contribution is -2.39. The van der Waals surface area contributed by atoms with Crippen LogP contribution >= 0.6 is 11.6 Å². The number of halogens is 1. The molecule has 82 valence electrons. The summed E-state index contributed by atoms with van der Waals surface area (Å²) >= 11 is 5.69. The van der Waals surface area contributed by atoms with Crippen LogP contribution in [0.5, 0.6) is 5.75 Å². The Morgan fingerprint density at radius 3 is 2.56 bits per heavy atom. The van der Waals surface area contributed by atoms with E-state index in [1.165, 1.54) is 0 Å². The maximum absolute atomic E-state index is 11.0. The molecule has 1 N–H and O–H groups in total. The number of amidine groups is 1. The molecule has 1 aliphatic heterocycles. The number of aliphatic imine (C=N–C) groups is 1. The monoisotopic (exact) mass is 238 g/mol. The zero-order valence-corrected chi connectivity index (χ0v) is 8.82. The van der Waals surface area contributed by atoms with Crippen molar-refractivity contribution < 1.29 is 14.3 Å². The first-order chi connectivity index (χ1) is 7.63. The molecule has 0 atom stereocenters. The molecule has 0 radical (unpaired) electrons. The van der Waals surface area contributed by atoms with Gasteiger partial charge in [-0.25, -0.2) is 0 Å². The van der Waals surface area contributed by atoms with Crippen LogP contribution in [0.1, 0.15) is 6.42 Å². The van der Waals surface area contributed by atoms with E-state index in [2.05, 4.69) is 10.3 Å². The van der Waals surface area contributed by atoms with Crippen molar-refractivity contribution in [3.63, 3.8) is 0 Å². The molecular formula is C10H7ClN2O3. The Morgan fingerprint density at radius 1 is 1.25 bits per heavy atom. The fraction of sp³-hybridized carbons (Fsp3) is 0.100. The van der Waals surface area contributed by atoms with Crippen LogP contribution in [0.3, 0.4) is 0 Å². The maximum Gasteiger partial charge on any atom is 0.304 e. The Bertz CT molecular complexity index is 467. The van der Waals surface area contributed by atoms with Crippen molar-refractivity contribution in [1.82, 2.24) is 5.32 Å². The van der Waals surface area contributed by atoms with Crippen molar-refractivity contribution in [3.8, 4) is 5.75 Å². The molecule has 0 aliphatic carbocycles. The number of hydrogen-bond acceptors (Lipinski definition) is 3. The highest BCUT2D eigenvalue weighted by Crippen LogP contribution is 2.15. The van der Waals surface area contributed by atoms with Crippen LogP contribution in [-0.2, 0) is 9.59 Å². The molecule has 5 nitrogen and oxygen atoms in total. The van der Waals surface area contributed by atoms with Gasteiger partial charge in [-0.15, -0.1) is 0 Å². The van der Waals surface area contributed by atoms with E-state index < -0.39 is 11.8 Å². The Hall–Kier alpha value is -1.88. The summed E-state index contributed by atoms with van der Waals surface area (Å²) < 4.78 is 5.19. The van der Waals surface area contributed by atoms with Gasteiger partial charge in [0.15, 0.2) is 0 Å². The van der Waals surface area contributed by atoms with E-state index in [4.69, 9.17) is 16.3 Å². The minimum atomic E-state index is -0.521. The number of carbonyl (C=O) groups is 2. The zero-order valence-electron chi connectivity index (χ0n) is 8.07. The second-order valence-electron chi connectivity index (χ2n) is 3.09. The SMILES string of the molecule is O=C1CC(=O)NC(Oc2ccc(Cl)cc2)=N1. The van der Waals surface area contributed by atoms with E-state index in [0.29, 0.717) is 10.8 Å². The van der Waals surface area contributed by atoms with Crippen LogP contribution in [0, 0.1) is 0 Å². The van der Waals surface area contributed by atoms with Gasteiger partial charge in [0.05, 0.1) is 0 Å². The molecule has 1 heterocycles. The summed E-state index contributed by atoms with van der Waals surface area (Å²) in [4.78, 5) is 25.5. The van der Waals surface area contributed by atoms with Crippen molar-refractivity contribution in [2.24, 2.45) is 4.99 Å². The topological polar surface area (TPSA) is 67.8 Å². The third kappa shape index (κ3) is 2.58. The number of rotatable bonds is 1. The van der Waals surface area contributed by atoms with Gasteiger partial charge in [0.1, 0.15) is 12.2 Å². The minimum Gasteiger partial charge on any atom is -0.426 e. The third-order valence-corrected chi connectivity index (χ3v) is 2.06. The molecule has 16 heavy (non-hydrogen) atoms. The van der Waals surface area contributed by atoms with Gasteiger partial charge >= 0.3 is 6.02 Å². The molecule has 6 heteroatoms. The van der Waals surface area contributed by atoms with E-state index in [1.807, 2.05) is 0 Å². The number of benzene rings is 1. The van der Waals surface area contributed by atoms with Crippen molar-refractivity contribution in [2.45, 2.75) is 6.42 Å². The molecule has 0 saturated carbocycles. The number of amides is 2. The van der Waals surface area contributed by atoms with E-state index >= 15 is 0 Å². The van der Waals surface area contributed by atoms with Crippen LogP contribution in [0.4, 0.5) is 0 Å². The summed E-state index contributed by atoms with van der Waals surface area (Å²) in [6.45, 7) is 0. The Morgan fingerprint density at radius 2 is 1.94 bits per heavy atom. The zero-order chi connectivity index (χ0) is 11.5. The van der Waals surface area contributed by atoms with Crippen molar-refractivity contribution in [1.29, 1.82) is 0 Å². The quantitative estimate of drug-likeness (QED) is 0.746. The fourth-order valence-electron chi connectivity index (χ4n) is 1.14. The highest BCUT2D eigenvalue weighted by atomic mass is 35.5. The first kappa shape index (κ1) is 10.6. The fourth-order valence-corrected chi connectivity index (χ4v) is 1.27. The van der Waals surface area contributed by atoms with Crippen LogP contribution in [0.2, 0.25) is 5.02 Å². The van der Waals surface area contributed by atoms with Crippen molar-refractivity contribution in [2.75, 3.05) is 0 Å². The lowest BCUT2D eigenvalue weighted by Gasteiger charge is -2.12. The van der Waals surface area contributed by atoms with Gasteiger partial charge < -0.3 is 4.74 Å². The molecule has 0 saturated heterocycles. The molecule has 0 spiro atoms. The molecular weight excluding hydrogens is 232 g/mol. The molecule has 1 aliphatic rings. The van der Waals surface area contributed by atoms with E-state index in [0.717, 1.165) is 0 Å². The van der Waals surface area contributed by atoms with Gasteiger partial charge in [0.2, 0.25) is 5.91 Å². The summed E-state index contributed by atoms with van der Waals surface area (Å²) in [6.07, 6.45) is -0.243. The lowest BCUT2D eigenvalue weighted by molar-refractivity contribution is -0.127. The van der Waals surface area contributed by atoms with Crippen LogP contribution in [0.25, 0.3) is 0 Å². The predicted molar refractivity (Wildman–Crippen MR) is 57.3 cm³/mol. The maximum atomic E-state index is 11.0. The van der Waals surface area contributed by atoms with Crippen LogP contribution in [0.15, 0.2) is 29.3 Å². The number of nitrogens with one attached hydrogen (secondary N) is 1. The van der Waals surface area contributed by atoms with Crippen molar-refractivity contribution >= 4 is 29.4 Å². The lowest BCUT2D eigenvalue weighted by atomic mass is 10.3. The van der Waals surface area contributed by atoms with Crippen LogP contribution in [-0.4, -0.2) is 17.8 Å². The molecule has 0 unspecified atom stereocenters. The summed E-state index contributed by atoms with van der Waals surface area (Å²) in [6, 6.07) is 6.36. The summed E-state index contributed by atoms with van der Waals surface area (Å²) in [7, 11) is 0. The van der Waals surface area contributed by atoms with E-state index in [1.54, 1.807) is 24.3 Å². The van der Waals surface area contributed by atoms with Gasteiger partial charge in [-0.3, -0.25) is 14.9 Å². The third-order valence-electron chi connectivity index (χ3n) is 1.81. The second kappa shape index (κ2) is 4.32. The molecule has 2 rings (SSSR count). The largest absolute Gasteiger partial charge is 0.426 e. The second-order valence-corrected chi connectivity index (χ2v) is 3.53. The molecule has 2 amide bonds. The Kier molecular flexibility index (Phi) is 2.87.